The molecular weight excluding hydrogens is 733 g/mol. The molecular formula is C56H34N2S. The van der Waals surface area contributed by atoms with E-state index in [-0.39, 0.29) is 0 Å². The summed E-state index contributed by atoms with van der Waals surface area (Å²) in [4.78, 5) is 2.60. The predicted molar refractivity (Wildman–Crippen MR) is 251 cm³/mol. The highest BCUT2D eigenvalue weighted by Gasteiger charge is 2.25. The Bertz CT molecular complexity index is 3680. The lowest BCUT2D eigenvalue weighted by molar-refractivity contribution is 1.18. The summed E-state index contributed by atoms with van der Waals surface area (Å²) in [6.45, 7) is 0. The number of aromatic nitrogens is 2. The smallest absolute Gasteiger partial charge is 0.0553 e. The number of nitrogens with zero attached hydrogens (tertiary/aromatic N) is 2. The average Bonchev–Trinajstić information content (AvgIpc) is 3.82. The Labute approximate surface area is 345 Å². The van der Waals surface area contributed by atoms with Gasteiger partial charge in [0.05, 0.1) is 22.1 Å². The first kappa shape index (κ1) is 32.7. The van der Waals surface area contributed by atoms with Gasteiger partial charge in [0.1, 0.15) is 0 Å². The fourth-order valence-corrected chi connectivity index (χ4v) is 11.0. The summed E-state index contributed by atoms with van der Waals surface area (Å²) < 4.78 is 4.87. The molecule has 0 spiro atoms. The van der Waals surface area contributed by atoms with Crippen molar-refractivity contribution in [2.75, 3.05) is 0 Å². The standard InChI is InChI=1S/C56H34N2S/c1-2-11-35(12-3-1)39-25-30-51-47(32-39)43-15-6-8-18-49(43)57(51)41-26-21-37(22-27-41)40-24-29-44-48-34-52-55(46-17-10-20-53(56(46)48)59-54(44)33-40)45-16-7-9-19-50(45)58(52)42-28-23-36-13-4-5-14-38(36)31-42/h1-34H. The van der Waals surface area contributed by atoms with E-state index < -0.39 is 0 Å². The SMILES string of the molecule is c1ccc(-c2ccc3c(c2)c2ccccc2n3-c2ccc(-c3ccc4c(c3)Sc3cccc5c3c-4cc3c5c4ccccc4n3-c3ccc4ccccc4c3)cc2)cc1. The highest BCUT2D eigenvalue weighted by Crippen LogP contribution is 2.52. The lowest BCUT2D eigenvalue weighted by atomic mass is 9.93. The maximum atomic E-state index is 2.47. The third-order valence-electron chi connectivity index (χ3n) is 12.5. The van der Waals surface area contributed by atoms with Crippen LogP contribution in [0.15, 0.2) is 216 Å². The summed E-state index contributed by atoms with van der Waals surface area (Å²) in [6, 6.07) is 76.1. The van der Waals surface area contributed by atoms with Crippen molar-refractivity contribution in [3.63, 3.8) is 0 Å². The second-order valence-corrected chi connectivity index (χ2v) is 16.8. The zero-order chi connectivity index (χ0) is 38.6. The van der Waals surface area contributed by atoms with E-state index in [1.807, 2.05) is 11.8 Å². The minimum Gasteiger partial charge on any atom is -0.309 e. The van der Waals surface area contributed by atoms with Crippen molar-refractivity contribution in [1.82, 2.24) is 9.13 Å². The van der Waals surface area contributed by atoms with Crippen LogP contribution in [0, 0.1) is 0 Å². The Morgan fingerprint density at radius 3 is 1.78 bits per heavy atom. The molecule has 0 bridgehead atoms. The Hall–Kier alpha value is -7.33. The number of para-hydroxylation sites is 2. The van der Waals surface area contributed by atoms with Crippen LogP contribution in [0.2, 0.25) is 0 Å². The molecule has 1 aliphatic rings. The van der Waals surface area contributed by atoms with Crippen LogP contribution in [-0.2, 0) is 0 Å². The lowest BCUT2D eigenvalue weighted by Crippen LogP contribution is -1.97. The largest absolute Gasteiger partial charge is 0.309 e. The van der Waals surface area contributed by atoms with Crippen molar-refractivity contribution in [2.24, 2.45) is 0 Å². The molecule has 0 radical (unpaired) electrons. The van der Waals surface area contributed by atoms with Crippen molar-refractivity contribution >= 4 is 76.9 Å². The molecule has 3 heteroatoms. The Balaban J connectivity index is 0.931. The number of fused-ring (bicyclic) bond motifs is 10. The van der Waals surface area contributed by atoms with E-state index >= 15 is 0 Å². The van der Waals surface area contributed by atoms with Crippen molar-refractivity contribution in [3.05, 3.63) is 206 Å². The molecule has 13 rings (SSSR count). The highest BCUT2D eigenvalue weighted by molar-refractivity contribution is 7.99. The van der Waals surface area contributed by atoms with Gasteiger partial charge in [-0.15, -0.1) is 0 Å². The zero-order valence-corrected chi connectivity index (χ0v) is 32.7. The fourth-order valence-electron chi connectivity index (χ4n) is 9.79. The highest BCUT2D eigenvalue weighted by atomic mass is 32.2. The van der Waals surface area contributed by atoms with Crippen LogP contribution in [0.4, 0.5) is 0 Å². The molecule has 0 unspecified atom stereocenters. The van der Waals surface area contributed by atoms with Gasteiger partial charge in [0.15, 0.2) is 0 Å². The van der Waals surface area contributed by atoms with Crippen LogP contribution in [0.5, 0.6) is 0 Å². The summed E-state index contributed by atoms with van der Waals surface area (Å²) in [7, 11) is 0. The Morgan fingerprint density at radius 2 is 0.915 bits per heavy atom. The molecule has 0 saturated heterocycles. The van der Waals surface area contributed by atoms with E-state index in [1.165, 1.54) is 114 Å². The van der Waals surface area contributed by atoms with Crippen LogP contribution >= 0.6 is 11.8 Å². The molecule has 0 amide bonds. The monoisotopic (exact) mass is 766 g/mol. The number of benzene rings is 10. The summed E-state index contributed by atoms with van der Waals surface area (Å²) in [5.74, 6) is 0. The van der Waals surface area contributed by atoms with E-state index in [0.717, 1.165) is 5.69 Å². The van der Waals surface area contributed by atoms with Gasteiger partial charge in [-0.05, 0) is 116 Å². The molecule has 12 aromatic rings. The minimum atomic E-state index is 1.16. The van der Waals surface area contributed by atoms with Crippen LogP contribution in [-0.4, -0.2) is 9.13 Å². The molecule has 0 aliphatic carbocycles. The molecule has 0 N–H and O–H groups in total. The molecule has 59 heavy (non-hydrogen) atoms. The summed E-state index contributed by atoms with van der Waals surface area (Å²) in [5.41, 5.74) is 14.7. The van der Waals surface area contributed by atoms with E-state index in [9.17, 15) is 0 Å². The van der Waals surface area contributed by atoms with Gasteiger partial charge < -0.3 is 9.13 Å². The fraction of sp³-hybridized carbons (Fsp3) is 0. The van der Waals surface area contributed by atoms with Gasteiger partial charge in [0.2, 0.25) is 0 Å². The third kappa shape index (κ3) is 4.89. The molecule has 0 saturated carbocycles. The van der Waals surface area contributed by atoms with E-state index in [2.05, 4.69) is 215 Å². The van der Waals surface area contributed by atoms with Gasteiger partial charge in [-0.3, -0.25) is 0 Å². The van der Waals surface area contributed by atoms with Gasteiger partial charge >= 0.3 is 0 Å². The lowest BCUT2D eigenvalue weighted by Gasteiger charge is -2.22. The molecule has 2 aromatic heterocycles. The number of rotatable bonds is 4. The van der Waals surface area contributed by atoms with Crippen LogP contribution in [0.25, 0.3) is 110 Å². The molecule has 0 fully saturated rings. The number of hydrogen-bond acceptors (Lipinski definition) is 1. The first-order valence-electron chi connectivity index (χ1n) is 20.2. The zero-order valence-electron chi connectivity index (χ0n) is 31.9. The molecule has 1 aliphatic heterocycles. The van der Waals surface area contributed by atoms with E-state index in [0.29, 0.717) is 0 Å². The maximum Gasteiger partial charge on any atom is 0.0553 e. The van der Waals surface area contributed by atoms with Crippen molar-refractivity contribution in [1.29, 1.82) is 0 Å². The molecule has 3 heterocycles. The first-order chi connectivity index (χ1) is 29.2. The topological polar surface area (TPSA) is 9.86 Å². The van der Waals surface area contributed by atoms with Crippen LogP contribution in [0.1, 0.15) is 0 Å². The Morgan fingerprint density at radius 1 is 0.288 bits per heavy atom. The second kappa shape index (κ2) is 12.6. The molecule has 2 nitrogen and oxygen atoms in total. The van der Waals surface area contributed by atoms with Gasteiger partial charge in [-0.1, -0.05) is 151 Å². The van der Waals surface area contributed by atoms with E-state index in [4.69, 9.17) is 0 Å². The van der Waals surface area contributed by atoms with Crippen LogP contribution < -0.4 is 0 Å². The second-order valence-electron chi connectivity index (χ2n) is 15.7. The molecule has 274 valence electrons. The maximum absolute atomic E-state index is 2.47. The summed E-state index contributed by atoms with van der Waals surface area (Å²) in [6.07, 6.45) is 0. The Kier molecular flexibility index (Phi) is 6.98. The van der Waals surface area contributed by atoms with Crippen molar-refractivity contribution in [3.8, 4) is 44.8 Å². The quantitative estimate of drug-likeness (QED) is 0.173. The van der Waals surface area contributed by atoms with Gasteiger partial charge in [0, 0.05) is 48.1 Å². The first-order valence-corrected chi connectivity index (χ1v) is 21.1. The van der Waals surface area contributed by atoms with Crippen molar-refractivity contribution < 1.29 is 0 Å². The third-order valence-corrected chi connectivity index (χ3v) is 13.6. The summed E-state index contributed by atoms with van der Waals surface area (Å²) >= 11 is 1.89. The molecule has 10 aromatic carbocycles. The molecule has 0 atom stereocenters. The number of hydrogen-bond donors (Lipinski definition) is 0. The minimum absolute atomic E-state index is 1.16. The van der Waals surface area contributed by atoms with Crippen LogP contribution in [0.3, 0.4) is 0 Å². The van der Waals surface area contributed by atoms with Gasteiger partial charge in [0.25, 0.3) is 0 Å². The van der Waals surface area contributed by atoms with Gasteiger partial charge in [-0.2, -0.15) is 0 Å². The average molecular weight is 767 g/mol. The predicted octanol–water partition coefficient (Wildman–Crippen LogP) is 15.7. The normalized spacial score (nSPS) is 12.3. The van der Waals surface area contributed by atoms with Crippen molar-refractivity contribution in [2.45, 2.75) is 9.79 Å². The van der Waals surface area contributed by atoms with Gasteiger partial charge in [-0.25, -0.2) is 0 Å². The van der Waals surface area contributed by atoms with E-state index in [1.54, 1.807) is 0 Å². The summed E-state index contributed by atoms with van der Waals surface area (Å²) in [5, 5.41) is 10.3.